The molecule has 2 atom stereocenters. The molecule has 0 saturated carbocycles. The molecule has 5 nitrogen and oxygen atoms in total. The summed E-state index contributed by atoms with van der Waals surface area (Å²) < 4.78 is 5.30. The Hall–Kier alpha value is -0.650. The average Bonchev–Trinajstić information content (AvgIpc) is 2.40. The zero-order valence-corrected chi connectivity index (χ0v) is 11.3. The van der Waals surface area contributed by atoms with Crippen LogP contribution in [0.3, 0.4) is 0 Å². The van der Waals surface area contributed by atoms with Gasteiger partial charge in [0.15, 0.2) is 0 Å². The molecule has 0 spiro atoms. The number of morpholine rings is 1. The molecular formula is C13H25N3O2. The van der Waals surface area contributed by atoms with Crippen LogP contribution in [0, 0.1) is 11.8 Å². The van der Waals surface area contributed by atoms with E-state index in [4.69, 9.17) is 4.74 Å². The van der Waals surface area contributed by atoms with Crippen molar-refractivity contribution in [3.05, 3.63) is 0 Å². The third kappa shape index (κ3) is 4.23. The van der Waals surface area contributed by atoms with Gasteiger partial charge in [-0.1, -0.05) is 6.92 Å². The van der Waals surface area contributed by atoms with Crippen LogP contribution in [0.2, 0.25) is 0 Å². The van der Waals surface area contributed by atoms with Crippen LogP contribution in [0.25, 0.3) is 0 Å². The van der Waals surface area contributed by atoms with Gasteiger partial charge in [-0.25, -0.2) is 0 Å². The van der Waals surface area contributed by atoms with Crippen molar-refractivity contribution < 1.29 is 9.53 Å². The molecule has 0 aromatic heterocycles. The molecule has 2 N–H and O–H groups in total. The lowest BCUT2D eigenvalue weighted by Gasteiger charge is -2.28. The molecule has 2 fully saturated rings. The summed E-state index contributed by atoms with van der Waals surface area (Å²) in [5.41, 5.74) is 0. The summed E-state index contributed by atoms with van der Waals surface area (Å²) in [6, 6.07) is 0. The van der Waals surface area contributed by atoms with E-state index in [1.165, 1.54) is 0 Å². The van der Waals surface area contributed by atoms with Gasteiger partial charge in [0.05, 0.1) is 19.1 Å². The summed E-state index contributed by atoms with van der Waals surface area (Å²) >= 11 is 0. The number of hydrogen-bond donors (Lipinski definition) is 2. The quantitative estimate of drug-likeness (QED) is 0.723. The summed E-state index contributed by atoms with van der Waals surface area (Å²) in [5.74, 6) is 0.967. The highest BCUT2D eigenvalue weighted by Gasteiger charge is 2.24. The minimum Gasteiger partial charge on any atom is -0.379 e. The van der Waals surface area contributed by atoms with Gasteiger partial charge in [0.25, 0.3) is 0 Å². The van der Waals surface area contributed by atoms with Gasteiger partial charge in [-0.2, -0.15) is 0 Å². The maximum absolute atomic E-state index is 12.0. The fourth-order valence-electron chi connectivity index (χ4n) is 2.66. The summed E-state index contributed by atoms with van der Waals surface area (Å²) in [6.45, 7) is 9.35. The van der Waals surface area contributed by atoms with Crippen LogP contribution in [0.1, 0.15) is 13.3 Å². The van der Waals surface area contributed by atoms with Crippen LogP contribution in [-0.4, -0.2) is 63.3 Å². The molecule has 0 aromatic rings. The summed E-state index contributed by atoms with van der Waals surface area (Å²) in [6.07, 6.45) is 1.01. The lowest BCUT2D eigenvalue weighted by molar-refractivity contribution is -0.126. The lowest BCUT2D eigenvalue weighted by Crippen LogP contribution is -2.46. The second-order valence-corrected chi connectivity index (χ2v) is 5.44. The third-order valence-corrected chi connectivity index (χ3v) is 3.77. The molecule has 2 heterocycles. The van der Waals surface area contributed by atoms with E-state index in [2.05, 4.69) is 22.5 Å². The first kappa shape index (κ1) is 13.8. The molecule has 0 radical (unpaired) electrons. The Morgan fingerprint density at radius 1 is 1.39 bits per heavy atom. The predicted octanol–water partition coefficient (Wildman–Crippen LogP) is -0.320. The predicted molar refractivity (Wildman–Crippen MR) is 70.4 cm³/mol. The minimum absolute atomic E-state index is 0.151. The molecule has 18 heavy (non-hydrogen) atoms. The molecule has 1 amide bonds. The van der Waals surface area contributed by atoms with Crippen molar-refractivity contribution in [3.8, 4) is 0 Å². The standard InChI is InChI=1S/C13H25N3O2/c1-11-8-12(10-14-9-11)13(17)15-2-3-16-4-6-18-7-5-16/h11-12,14H,2-10H2,1H3,(H,15,17). The van der Waals surface area contributed by atoms with E-state index in [0.29, 0.717) is 5.92 Å². The molecule has 5 heteroatoms. The number of ether oxygens (including phenoxy) is 1. The van der Waals surface area contributed by atoms with E-state index < -0.39 is 0 Å². The van der Waals surface area contributed by atoms with Crippen molar-refractivity contribution in [2.24, 2.45) is 11.8 Å². The van der Waals surface area contributed by atoms with E-state index in [1.54, 1.807) is 0 Å². The maximum Gasteiger partial charge on any atom is 0.224 e. The van der Waals surface area contributed by atoms with Gasteiger partial charge in [-0.15, -0.1) is 0 Å². The van der Waals surface area contributed by atoms with Crippen LogP contribution in [0.5, 0.6) is 0 Å². The molecule has 0 bridgehead atoms. The van der Waals surface area contributed by atoms with Crippen LogP contribution in [0.15, 0.2) is 0 Å². The number of nitrogens with one attached hydrogen (secondary N) is 2. The first-order chi connectivity index (χ1) is 8.75. The SMILES string of the molecule is CC1CNCC(C(=O)NCCN2CCOCC2)C1. The van der Waals surface area contributed by atoms with Crippen molar-refractivity contribution in [1.29, 1.82) is 0 Å². The number of nitrogens with zero attached hydrogens (tertiary/aromatic N) is 1. The normalized spacial score (nSPS) is 30.1. The second-order valence-electron chi connectivity index (χ2n) is 5.44. The maximum atomic E-state index is 12.0. The van der Waals surface area contributed by atoms with Crippen molar-refractivity contribution in [2.75, 3.05) is 52.5 Å². The molecular weight excluding hydrogens is 230 g/mol. The molecule has 2 saturated heterocycles. The number of carbonyl (C=O) groups excluding carboxylic acids is 1. The number of carbonyl (C=O) groups is 1. The molecule has 2 unspecified atom stereocenters. The van der Waals surface area contributed by atoms with Crippen molar-refractivity contribution in [3.63, 3.8) is 0 Å². The minimum atomic E-state index is 0.151. The largest absolute Gasteiger partial charge is 0.379 e. The monoisotopic (exact) mass is 255 g/mol. The van der Waals surface area contributed by atoms with Gasteiger partial charge in [0.2, 0.25) is 5.91 Å². The highest BCUT2D eigenvalue weighted by Crippen LogP contribution is 2.15. The Balaban J connectivity index is 1.61. The molecule has 2 rings (SSSR count). The first-order valence-corrected chi connectivity index (χ1v) is 7.04. The van der Waals surface area contributed by atoms with Crippen molar-refractivity contribution in [1.82, 2.24) is 15.5 Å². The zero-order chi connectivity index (χ0) is 12.8. The fourth-order valence-corrected chi connectivity index (χ4v) is 2.66. The van der Waals surface area contributed by atoms with E-state index in [1.807, 2.05) is 0 Å². The highest BCUT2D eigenvalue weighted by atomic mass is 16.5. The van der Waals surface area contributed by atoms with Crippen molar-refractivity contribution >= 4 is 5.91 Å². The van der Waals surface area contributed by atoms with Crippen LogP contribution in [-0.2, 0) is 9.53 Å². The third-order valence-electron chi connectivity index (χ3n) is 3.77. The van der Waals surface area contributed by atoms with Gasteiger partial charge in [0.1, 0.15) is 0 Å². The molecule has 104 valence electrons. The average molecular weight is 255 g/mol. The van der Waals surface area contributed by atoms with E-state index >= 15 is 0 Å². The van der Waals surface area contributed by atoms with Gasteiger partial charge >= 0.3 is 0 Å². The van der Waals surface area contributed by atoms with Gasteiger partial charge in [0, 0.05) is 32.7 Å². The molecule has 2 aliphatic heterocycles. The van der Waals surface area contributed by atoms with E-state index in [9.17, 15) is 4.79 Å². The summed E-state index contributed by atoms with van der Waals surface area (Å²) in [7, 11) is 0. The topological polar surface area (TPSA) is 53.6 Å². The number of piperidine rings is 1. The molecule has 0 aromatic carbocycles. The lowest BCUT2D eigenvalue weighted by atomic mass is 9.91. The molecule has 2 aliphatic rings. The van der Waals surface area contributed by atoms with E-state index in [-0.39, 0.29) is 11.8 Å². The van der Waals surface area contributed by atoms with Crippen LogP contribution >= 0.6 is 0 Å². The first-order valence-electron chi connectivity index (χ1n) is 7.04. The fraction of sp³-hybridized carbons (Fsp3) is 0.923. The zero-order valence-electron chi connectivity index (χ0n) is 11.3. The number of hydrogen-bond acceptors (Lipinski definition) is 4. The van der Waals surface area contributed by atoms with Gasteiger partial charge < -0.3 is 15.4 Å². The van der Waals surface area contributed by atoms with Crippen LogP contribution in [0.4, 0.5) is 0 Å². The summed E-state index contributed by atoms with van der Waals surface area (Å²) in [4.78, 5) is 14.3. The Bertz CT molecular complexity index is 267. The van der Waals surface area contributed by atoms with Gasteiger partial charge in [-0.3, -0.25) is 9.69 Å². The smallest absolute Gasteiger partial charge is 0.224 e. The summed E-state index contributed by atoms with van der Waals surface area (Å²) in [5, 5.41) is 6.38. The van der Waals surface area contributed by atoms with Gasteiger partial charge in [-0.05, 0) is 18.9 Å². The van der Waals surface area contributed by atoms with E-state index in [0.717, 1.165) is 58.9 Å². The number of rotatable bonds is 4. The Morgan fingerprint density at radius 3 is 2.89 bits per heavy atom. The van der Waals surface area contributed by atoms with Crippen LogP contribution < -0.4 is 10.6 Å². The Kier molecular flexibility index (Phi) is 5.41. The number of amides is 1. The highest BCUT2D eigenvalue weighted by molar-refractivity contribution is 5.79. The Morgan fingerprint density at radius 2 is 2.17 bits per heavy atom. The Labute approximate surface area is 109 Å². The molecule has 0 aliphatic carbocycles. The van der Waals surface area contributed by atoms with Crippen molar-refractivity contribution in [2.45, 2.75) is 13.3 Å². The second kappa shape index (κ2) is 7.07.